The number of ether oxygens (including phenoxy) is 1. The van der Waals surface area contributed by atoms with E-state index in [9.17, 15) is 18.8 Å². The minimum absolute atomic E-state index is 0.0724. The number of hydrogen-bond acceptors (Lipinski definition) is 6. The van der Waals surface area contributed by atoms with Crippen LogP contribution in [0.3, 0.4) is 0 Å². The van der Waals surface area contributed by atoms with Crippen LogP contribution >= 0.6 is 11.8 Å². The molecule has 148 valence electrons. The highest BCUT2D eigenvalue weighted by molar-refractivity contribution is 7.98. The zero-order valence-electron chi connectivity index (χ0n) is 15.3. The third kappa shape index (κ3) is 4.88. The van der Waals surface area contributed by atoms with E-state index in [0.29, 0.717) is 16.4 Å². The smallest absolute Gasteiger partial charge is 0.357 e. The maximum atomic E-state index is 13.2. The van der Waals surface area contributed by atoms with Crippen LogP contribution in [-0.2, 0) is 9.53 Å². The highest BCUT2D eigenvalue weighted by Crippen LogP contribution is 2.22. The number of esters is 1. The molecule has 2 aromatic carbocycles. The summed E-state index contributed by atoms with van der Waals surface area (Å²) in [5, 5.41) is 2.64. The van der Waals surface area contributed by atoms with Gasteiger partial charge in [-0.05, 0) is 42.7 Å². The lowest BCUT2D eigenvalue weighted by molar-refractivity contribution is -0.123. The molecule has 1 aromatic heterocycles. The number of rotatable bonds is 6. The van der Waals surface area contributed by atoms with Crippen LogP contribution in [0.1, 0.15) is 20.8 Å². The van der Waals surface area contributed by atoms with E-state index in [1.54, 1.807) is 36.6 Å². The van der Waals surface area contributed by atoms with Gasteiger partial charge in [-0.3, -0.25) is 19.5 Å². The molecule has 0 spiro atoms. The number of thioether (sulfide) groups is 1. The Morgan fingerprint density at radius 2 is 1.79 bits per heavy atom. The Morgan fingerprint density at radius 1 is 1.10 bits per heavy atom. The molecule has 9 heteroatoms. The summed E-state index contributed by atoms with van der Waals surface area (Å²) < 4.78 is 19.7. The van der Waals surface area contributed by atoms with Crippen LogP contribution in [0.5, 0.6) is 0 Å². The maximum absolute atomic E-state index is 13.2. The van der Waals surface area contributed by atoms with E-state index in [-0.39, 0.29) is 5.69 Å². The largest absolute Gasteiger partial charge is 0.451 e. The summed E-state index contributed by atoms with van der Waals surface area (Å²) in [6, 6.07) is 13.7. The van der Waals surface area contributed by atoms with Gasteiger partial charge in [0.15, 0.2) is 17.5 Å². The minimum Gasteiger partial charge on any atom is -0.451 e. The predicted octanol–water partition coefficient (Wildman–Crippen LogP) is 2.85. The fourth-order valence-electron chi connectivity index (χ4n) is 2.49. The lowest BCUT2D eigenvalue weighted by Gasteiger charge is -2.11. The fourth-order valence-corrected chi connectivity index (χ4v) is 3.04. The number of hydrogen-bond donors (Lipinski definition) is 1. The standard InChI is InChI=1S/C20H16FN3O4S/c1-29-20-22-11-16(24(20)15-9-7-14(21)8-10-15)19(27)28-12-17(25)23-18(26)13-5-3-2-4-6-13/h2-11H,12H2,1H3,(H,23,25,26). The van der Waals surface area contributed by atoms with Crippen LogP contribution in [-0.4, -0.2) is 40.2 Å². The van der Waals surface area contributed by atoms with Crippen LogP contribution in [0.15, 0.2) is 66.0 Å². The number of imidazole rings is 1. The molecule has 0 aliphatic heterocycles. The van der Waals surface area contributed by atoms with Gasteiger partial charge in [0.1, 0.15) is 5.82 Å². The summed E-state index contributed by atoms with van der Waals surface area (Å²) in [4.78, 5) is 40.5. The van der Waals surface area contributed by atoms with Gasteiger partial charge in [-0.15, -0.1) is 0 Å². The Morgan fingerprint density at radius 3 is 2.45 bits per heavy atom. The van der Waals surface area contributed by atoms with Crippen molar-refractivity contribution < 1.29 is 23.5 Å². The quantitative estimate of drug-likeness (QED) is 0.494. The average molecular weight is 413 g/mol. The molecule has 0 aliphatic rings. The van der Waals surface area contributed by atoms with Gasteiger partial charge in [0.05, 0.1) is 6.20 Å². The first-order chi connectivity index (χ1) is 14.0. The highest BCUT2D eigenvalue weighted by Gasteiger charge is 2.20. The average Bonchev–Trinajstić information content (AvgIpc) is 3.17. The normalized spacial score (nSPS) is 10.4. The molecular formula is C20H16FN3O4S. The number of nitrogens with zero attached hydrogens (tertiary/aromatic N) is 2. The molecule has 0 atom stereocenters. The molecule has 0 aliphatic carbocycles. The van der Waals surface area contributed by atoms with Crippen molar-refractivity contribution in [3.8, 4) is 5.69 Å². The molecule has 0 radical (unpaired) electrons. The Bertz CT molecular complexity index is 1040. The summed E-state index contributed by atoms with van der Waals surface area (Å²) in [6.45, 7) is -0.638. The number of aromatic nitrogens is 2. The van der Waals surface area contributed by atoms with Crippen molar-refractivity contribution in [2.45, 2.75) is 5.16 Å². The summed E-state index contributed by atoms with van der Waals surface area (Å²) >= 11 is 1.29. The predicted molar refractivity (Wildman–Crippen MR) is 105 cm³/mol. The molecule has 2 amide bonds. The van der Waals surface area contributed by atoms with Crippen LogP contribution in [0, 0.1) is 5.82 Å². The van der Waals surface area contributed by atoms with Gasteiger partial charge in [0, 0.05) is 11.3 Å². The number of halogens is 1. The second-order valence-electron chi connectivity index (χ2n) is 5.76. The molecular weight excluding hydrogens is 397 g/mol. The van der Waals surface area contributed by atoms with E-state index >= 15 is 0 Å². The molecule has 0 unspecified atom stereocenters. The Labute approximate surface area is 169 Å². The first-order valence-corrected chi connectivity index (χ1v) is 9.66. The van der Waals surface area contributed by atoms with E-state index in [4.69, 9.17) is 4.74 Å². The molecule has 0 saturated carbocycles. The second kappa shape index (κ2) is 9.16. The number of benzene rings is 2. The van der Waals surface area contributed by atoms with Crippen molar-refractivity contribution in [2.24, 2.45) is 0 Å². The zero-order valence-corrected chi connectivity index (χ0v) is 16.1. The van der Waals surface area contributed by atoms with Crippen LogP contribution in [0.25, 0.3) is 5.69 Å². The summed E-state index contributed by atoms with van der Waals surface area (Å²) in [7, 11) is 0. The fraction of sp³-hybridized carbons (Fsp3) is 0.100. The zero-order chi connectivity index (χ0) is 20.8. The van der Waals surface area contributed by atoms with E-state index in [1.165, 1.54) is 46.8 Å². The second-order valence-corrected chi connectivity index (χ2v) is 6.53. The molecule has 3 rings (SSSR count). The van der Waals surface area contributed by atoms with Gasteiger partial charge in [-0.25, -0.2) is 14.2 Å². The van der Waals surface area contributed by atoms with Crippen molar-refractivity contribution in [3.05, 3.63) is 77.9 Å². The summed E-state index contributed by atoms with van der Waals surface area (Å²) in [5.74, 6) is -2.56. The van der Waals surface area contributed by atoms with Gasteiger partial charge in [-0.1, -0.05) is 30.0 Å². The van der Waals surface area contributed by atoms with Gasteiger partial charge < -0.3 is 4.74 Å². The van der Waals surface area contributed by atoms with E-state index < -0.39 is 30.2 Å². The lowest BCUT2D eigenvalue weighted by atomic mass is 10.2. The third-order valence-corrected chi connectivity index (χ3v) is 4.48. The first kappa shape index (κ1) is 20.3. The van der Waals surface area contributed by atoms with E-state index in [2.05, 4.69) is 10.3 Å². The van der Waals surface area contributed by atoms with Gasteiger partial charge in [-0.2, -0.15) is 0 Å². The van der Waals surface area contributed by atoms with Crippen molar-refractivity contribution in [2.75, 3.05) is 12.9 Å². The molecule has 29 heavy (non-hydrogen) atoms. The molecule has 0 bridgehead atoms. The van der Waals surface area contributed by atoms with Gasteiger partial charge >= 0.3 is 5.97 Å². The Kier molecular flexibility index (Phi) is 6.40. The highest BCUT2D eigenvalue weighted by atomic mass is 32.2. The summed E-state index contributed by atoms with van der Waals surface area (Å²) in [6.07, 6.45) is 3.09. The number of carbonyl (C=O) groups is 3. The Hall–Kier alpha value is -3.46. The number of carbonyl (C=O) groups excluding carboxylic acids is 3. The molecule has 3 aromatic rings. The number of nitrogens with one attached hydrogen (secondary N) is 1. The van der Waals surface area contributed by atoms with Crippen LogP contribution in [0.2, 0.25) is 0 Å². The molecule has 0 fully saturated rings. The lowest BCUT2D eigenvalue weighted by Crippen LogP contribution is -2.34. The van der Waals surface area contributed by atoms with E-state index in [0.717, 1.165) is 0 Å². The molecule has 1 N–H and O–H groups in total. The molecule has 0 saturated heterocycles. The topological polar surface area (TPSA) is 90.3 Å². The molecule has 7 nitrogen and oxygen atoms in total. The minimum atomic E-state index is -0.801. The molecule has 1 heterocycles. The van der Waals surface area contributed by atoms with Crippen molar-refractivity contribution in [1.29, 1.82) is 0 Å². The van der Waals surface area contributed by atoms with E-state index in [1.807, 2.05) is 0 Å². The monoisotopic (exact) mass is 413 g/mol. The van der Waals surface area contributed by atoms with Crippen LogP contribution in [0.4, 0.5) is 4.39 Å². The van der Waals surface area contributed by atoms with Crippen molar-refractivity contribution in [3.63, 3.8) is 0 Å². The van der Waals surface area contributed by atoms with Crippen molar-refractivity contribution >= 4 is 29.5 Å². The van der Waals surface area contributed by atoms with Crippen LogP contribution < -0.4 is 5.32 Å². The first-order valence-electron chi connectivity index (χ1n) is 8.43. The summed E-state index contributed by atoms with van der Waals surface area (Å²) in [5.41, 5.74) is 0.901. The van der Waals surface area contributed by atoms with Crippen molar-refractivity contribution in [1.82, 2.24) is 14.9 Å². The number of imide groups is 1. The third-order valence-electron chi connectivity index (χ3n) is 3.83. The number of amides is 2. The maximum Gasteiger partial charge on any atom is 0.357 e. The van der Waals surface area contributed by atoms with Gasteiger partial charge in [0.25, 0.3) is 11.8 Å². The van der Waals surface area contributed by atoms with Gasteiger partial charge in [0.2, 0.25) is 0 Å². The Balaban J connectivity index is 1.68. The SMILES string of the molecule is CSc1ncc(C(=O)OCC(=O)NC(=O)c2ccccc2)n1-c1ccc(F)cc1.